The van der Waals surface area contributed by atoms with Crippen LogP contribution in [0, 0.1) is 0 Å². The summed E-state index contributed by atoms with van der Waals surface area (Å²) >= 11 is 0. The van der Waals surface area contributed by atoms with Gasteiger partial charge in [0.25, 0.3) is 0 Å². The number of hydrogen-bond donors (Lipinski definition) is 0. The molecule has 0 N–H and O–H groups in total. The molecule has 1 nitrogen and oxygen atoms in total. The average Bonchev–Trinajstić information content (AvgIpc) is 2.39. The Morgan fingerprint density at radius 2 is 1.33 bits per heavy atom. The fourth-order valence-corrected chi connectivity index (χ4v) is 7.16. The topological polar surface area (TPSA) is 9.23 Å². The molecular formula is C16H28OSi. The normalized spacial score (nSPS) is 11.7. The predicted molar refractivity (Wildman–Crippen MR) is 82.3 cm³/mol. The fourth-order valence-electron chi connectivity index (χ4n) is 2.77. The molecule has 1 aromatic carbocycles. The summed E-state index contributed by atoms with van der Waals surface area (Å²) in [7, 11) is -1.48. The minimum absolute atomic E-state index is 0.813. The van der Waals surface area contributed by atoms with E-state index in [9.17, 15) is 0 Å². The van der Waals surface area contributed by atoms with E-state index < -0.39 is 8.32 Å². The highest BCUT2D eigenvalue weighted by molar-refractivity contribution is 6.73. The van der Waals surface area contributed by atoms with Gasteiger partial charge in [0.15, 0.2) is 8.32 Å². The van der Waals surface area contributed by atoms with Crippen LogP contribution < -0.4 is 0 Å². The van der Waals surface area contributed by atoms with Gasteiger partial charge >= 0.3 is 0 Å². The van der Waals surface area contributed by atoms with Gasteiger partial charge < -0.3 is 4.43 Å². The molecular weight excluding hydrogens is 236 g/mol. The van der Waals surface area contributed by atoms with Crippen molar-refractivity contribution in [2.45, 2.75) is 64.8 Å². The highest BCUT2D eigenvalue weighted by atomic mass is 28.4. The Balaban J connectivity index is 2.64. The van der Waals surface area contributed by atoms with E-state index in [4.69, 9.17) is 4.43 Å². The Kier molecular flexibility index (Phi) is 7.29. The molecule has 0 unspecified atom stereocenters. The standard InChI is InChI=1S/C16H28OSi/c1-4-12-18(13-5-2,14-6-3)17-15-16-10-8-7-9-11-16/h7-11H,4-6,12-15H2,1-3H3. The van der Waals surface area contributed by atoms with Gasteiger partial charge in [-0.1, -0.05) is 70.4 Å². The van der Waals surface area contributed by atoms with Gasteiger partial charge in [-0.2, -0.15) is 0 Å². The zero-order chi connectivity index (χ0) is 13.3. The van der Waals surface area contributed by atoms with Crippen molar-refractivity contribution in [3.05, 3.63) is 35.9 Å². The highest BCUT2D eigenvalue weighted by Gasteiger charge is 2.31. The van der Waals surface area contributed by atoms with E-state index >= 15 is 0 Å². The third-order valence-electron chi connectivity index (χ3n) is 3.50. The summed E-state index contributed by atoms with van der Waals surface area (Å²) in [6.07, 6.45) is 3.79. The van der Waals surface area contributed by atoms with E-state index in [0.717, 1.165) is 6.61 Å². The summed E-state index contributed by atoms with van der Waals surface area (Å²) in [6, 6.07) is 14.6. The van der Waals surface area contributed by atoms with E-state index in [-0.39, 0.29) is 0 Å². The van der Waals surface area contributed by atoms with Gasteiger partial charge in [0.05, 0.1) is 6.61 Å². The van der Waals surface area contributed by atoms with Gasteiger partial charge in [0.2, 0.25) is 0 Å². The summed E-state index contributed by atoms with van der Waals surface area (Å²) in [5.41, 5.74) is 1.32. The Morgan fingerprint density at radius 3 is 1.78 bits per heavy atom. The molecule has 18 heavy (non-hydrogen) atoms. The molecule has 0 bridgehead atoms. The van der Waals surface area contributed by atoms with Gasteiger partial charge in [-0.3, -0.25) is 0 Å². The Labute approximate surface area is 114 Å². The first-order valence-electron chi connectivity index (χ1n) is 7.44. The van der Waals surface area contributed by atoms with Crippen LogP contribution in [-0.4, -0.2) is 8.32 Å². The third-order valence-corrected chi connectivity index (χ3v) is 8.50. The highest BCUT2D eigenvalue weighted by Crippen LogP contribution is 2.28. The molecule has 0 saturated carbocycles. The molecule has 0 saturated heterocycles. The fraction of sp³-hybridized carbons (Fsp3) is 0.625. The van der Waals surface area contributed by atoms with Crippen LogP contribution in [0.25, 0.3) is 0 Å². The Bertz CT molecular complexity index is 293. The summed E-state index contributed by atoms with van der Waals surface area (Å²) in [5.74, 6) is 0. The first kappa shape index (κ1) is 15.5. The molecule has 0 spiro atoms. The molecule has 0 amide bonds. The lowest BCUT2D eigenvalue weighted by Gasteiger charge is -2.31. The van der Waals surface area contributed by atoms with Crippen LogP contribution in [0.4, 0.5) is 0 Å². The lowest BCUT2D eigenvalue weighted by atomic mass is 10.2. The average molecular weight is 264 g/mol. The molecule has 0 heterocycles. The van der Waals surface area contributed by atoms with Gasteiger partial charge in [0.1, 0.15) is 0 Å². The van der Waals surface area contributed by atoms with Crippen molar-refractivity contribution in [1.82, 2.24) is 0 Å². The molecule has 1 aromatic rings. The van der Waals surface area contributed by atoms with Gasteiger partial charge in [0, 0.05) is 0 Å². The lowest BCUT2D eigenvalue weighted by Crippen LogP contribution is -2.37. The Hall–Kier alpha value is -0.603. The van der Waals surface area contributed by atoms with E-state index in [2.05, 4.69) is 51.1 Å². The number of benzene rings is 1. The molecule has 1 rings (SSSR count). The zero-order valence-corrected chi connectivity index (χ0v) is 13.2. The summed E-state index contributed by atoms with van der Waals surface area (Å²) in [4.78, 5) is 0. The predicted octanol–water partition coefficient (Wildman–Crippen LogP) is 5.38. The summed E-state index contributed by atoms with van der Waals surface area (Å²) in [5, 5.41) is 0. The van der Waals surface area contributed by atoms with Gasteiger partial charge in [-0.15, -0.1) is 0 Å². The van der Waals surface area contributed by atoms with Crippen molar-refractivity contribution in [2.75, 3.05) is 0 Å². The van der Waals surface area contributed by atoms with E-state index in [1.54, 1.807) is 0 Å². The van der Waals surface area contributed by atoms with Crippen LogP contribution in [0.15, 0.2) is 30.3 Å². The monoisotopic (exact) mass is 264 g/mol. The van der Waals surface area contributed by atoms with Crippen LogP contribution in [0.3, 0.4) is 0 Å². The van der Waals surface area contributed by atoms with E-state index in [0.29, 0.717) is 0 Å². The maximum absolute atomic E-state index is 6.48. The molecule has 0 aliphatic carbocycles. The van der Waals surface area contributed by atoms with Crippen LogP contribution >= 0.6 is 0 Å². The SMILES string of the molecule is CCC[Si](CCC)(CCC)OCc1ccccc1. The van der Waals surface area contributed by atoms with Crippen LogP contribution in [0.2, 0.25) is 18.1 Å². The minimum Gasteiger partial charge on any atom is -0.413 e. The second-order valence-electron chi connectivity index (χ2n) is 5.21. The first-order chi connectivity index (χ1) is 8.76. The summed E-state index contributed by atoms with van der Waals surface area (Å²) < 4.78 is 6.48. The zero-order valence-electron chi connectivity index (χ0n) is 12.2. The second kappa shape index (κ2) is 8.49. The Morgan fingerprint density at radius 1 is 0.833 bits per heavy atom. The molecule has 0 aromatic heterocycles. The lowest BCUT2D eigenvalue weighted by molar-refractivity contribution is 0.283. The van der Waals surface area contributed by atoms with Gasteiger partial charge in [-0.25, -0.2) is 0 Å². The third kappa shape index (κ3) is 4.95. The minimum atomic E-state index is -1.48. The smallest absolute Gasteiger partial charge is 0.193 e. The molecule has 0 aliphatic rings. The largest absolute Gasteiger partial charge is 0.413 e. The number of hydrogen-bond acceptors (Lipinski definition) is 1. The van der Waals surface area contributed by atoms with E-state index in [1.807, 2.05) is 0 Å². The van der Waals surface area contributed by atoms with Crippen LogP contribution in [-0.2, 0) is 11.0 Å². The maximum Gasteiger partial charge on any atom is 0.193 e. The van der Waals surface area contributed by atoms with Crippen molar-refractivity contribution >= 4 is 8.32 Å². The van der Waals surface area contributed by atoms with Gasteiger partial charge in [-0.05, 0) is 23.7 Å². The van der Waals surface area contributed by atoms with Crippen molar-refractivity contribution in [3.63, 3.8) is 0 Å². The molecule has 0 atom stereocenters. The second-order valence-corrected chi connectivity index (χ2v) is 9.36. The van der Waals surface area contributed by atoms with E-state index in [1.165, 1.54) is 43.0 Å². The summed E-state index contributed by atoms with van der Waals surface area (Å²) in [6.45, 7) is 7.68. The first-order valence-corrected chi connectivity index (χ1v) is 9.97. The van der Waals surface area contributed by atoms with Crippen LogP contribution in [0.5, 0.6) is 0 Å². The molecule has 0 aliphatic heterocycles. The van der Waals surface area contributed by atoms with Crippen molar-refractivity contribution in [2.24, 2.45) is 0 Å². The van der Waals surface area contributed by atoms with Crippen molar-refractivity contribution in [1.29, 1.82) is 0 Å². The van der Waals surface area contributed by atoms with Crippen molar-refractivity contribution < 1.29 is 4.43 Å². The maximum atomic E-state index is 6.48. The number of rotatable bonds is 9. The molecule has 2 heteroatoms. The van der Waals surface area contributed by atoms with Crippen LogP contribution in [0.1, 0.15) is 45.6 Å². The molecule has 0 fully saturated rings. The quantitative estimate of drug-likeness (QED) is 0.544. The molecule has 0 radical (unpaired) electrons. The molecule has 102 valence electrons. The van der Waals surface area contributed by atoms with Crippen molar-refractivity contribution in [3.8, 4) is 0 Å².